The van der Waals surface area contributed by atoms with Crippen molar-refractivity contribution in [3.63, 3.8) is 0 Å². The molecular weight excluding hydrogens is 190 g/mol. The van der Waals surface area contributed by atoms with Gasteiger partial charge in [-0.2, -0.15) is 0 Å². The van der Waals surface area contributed by atoms with E-state index in [1.165, 1.54) is 0 Å². The molecule has 1 aliphatic carbocycles. The van der Waals surface area contributed by atoms with E-state index in [2.05, 4.69) is 5.32 Å². The van der Waals surface area contributed by atoms with Gasteiger partial charge in [-0.3, -0.25) is 4.79 Å². The number of hydrogen-bond acceptors (Lipinski definition) is 3. The van der Waals surface area contributed by atoms with Gasteiger partial charge in [-0.15, -0.1) is 0 Å². The zero-order chi connectivity index (χ0) is 11.1. The average molecular weight is 211 g/mol. The van der Waals surface area contributed by atoms with Gasteiger partial charge in [0.2, 0.25) is 0 Å². The molecule has 2 unspecified atom stereocenters. The van der Waals surface area contributed by atoms with Crippen LogP contribution in [-0.4, -0.2) is 24.7 Å². The smallest absolute Gasteiger partial charge is 0.312 e. The predicted octanol–water partition coefficient (Wildman–Crippen LogP) is 1.72. The highest BCUT2D eigenvalue weighted by Gasteiger charge is 2.60. The maximum atomic E-state index is 12.1. The molecular formula is C12H21NO2. The summed E-state index contributed by atoms with van der Waals surface area (Å²) in [6.45, 7) is 7.82. The number of esters is 1. The minimum Gasteiger partial charge on any atom is -0.460 e. The molecule has 1 saturated heterocycles. The van der Waals surface area contributed by atoms with Crippen molar-refractivity contribution in [3.8, 4) is 0 Å². The molecule has 1 N–H and O–H groups in total. The lowest BCUT2D eigenvalue weighted by Gasteiger charge is -2.24. The Balaban J connectivity index is 2.01. The van der Waals surface area contributed by atoms with Gasteiger partial charge in [-0.25, -0.2) is 0 Å². The van der Waals surface area contributed by atoms with Crippen LogP contribution in [0.3, 0.4) is 0 Å². The van der Waals surface area contributed by atoms with E-state index in [4.69, 9.17) is 4.74 Å². The first-order valence-corrected chi connectivity index (χ1v) is 5.88. The Kier molecular flexibility index (Phi) is 2.53. The summed E-state index contributed by atoms with van der Waals surface area (Å²) in [5.41, 5.74) is -0.477. The molecule has 2 rings (SSSR count). The molecule has 0 radical (unpaired) electrons. The second-order valence-corrected chi connectivity index (χ2v) is 5.85. The third kappa shape index (κ3) is 2.17. The fraction of sp³-hybridized carbons (Fsp3) is 0.917. The Hall–Kier alpha value is -0.570. The Morgan fingerprint density at radius 2 is 2.13 bits per heavy atom. The van der Waals surface area contributed by atoms with Gasteiger partial charge in [-0.1, -0.05) is 0 Å². The molecule has 15 heavy (non-hydrogen) atoms. The molecule has 1 aliphatic heterocycles. The summed E-state index contributed by atoms with van der Waals surface area (Å²) >= 11 is 0. The molecule has 3 heteroatoms. The van der Waals surface area contributed by atoms with Crippen LogP contribution >= 0.6 is 0 Å². The summed E-state index contributed by atoms with van der Waals surface area (Å²) in [7, 11) is 0. The quantitative estimate of drug-likeness (QED) is 0.671. The zero-order valence-electron chi connectivity index (χ0n) is 9.93. The number of hydrogen-bond donors (Lipinski definition) is 1. The van der Waals surface area contributed by atoms with Gasteiger partial charge >= 0.3 is 5.97 Å². The number of carbonyl (C=O) groups is 1. The number of fused-ring (bicyclic) bond motifs is 1. The average Bonchev–Trinajstić information content (AvgIpc) is 2.72. The first-order valence-electron chi connectivity index (χ1n) is 5.88. The van der Waals surface area contributed by atoms with Crippen LogP contribution in [0.5, 0.6) is 0 Å². The van der Waals surface area contributed by atoms with Gasteiger partial charge in [0, 0.05) is 0 Å². The predicted molar refractivity (Wildman–Crippen MR) is 58.5 cm³/mol. The minimum absolute atomic E-state index is 0.0312. The number of ether oxygens (including phenoxy) is 1. The molecule has 2 fully saturated rings. The largest absolute Gasteiger partial charge is 0.460 e. The lowest BCUT2D eigenvalue weighted by Crippen LogP contribution is -2.31. The highest BCUT2D eigenvalue weighted by Crippen LogP contribution is 2.58. The molecule has 0 spiro atoms. The first kappa shape index (κ1) is 10.9. The molecule has 1 saturated carbocycles. The number of carbonyl (C=O) groups excluding carboxylic acids is 1. The van der Waals surface area contributed by atoms with E-state index in [0.717, 1.165) is 32.4 Å². The van der Waals surface area contributed by atoms with Gasteiger partial charge < -0.3 is 10.1 Å². The monoisotopic (exact) mass is 211 g/mol. The lowest BCUT2D eigenvalue weighted by atomic mass is 9.98. The molecule has 0 aromatic heterocycles. The summed E-state index contributed by atoms with van der Waals surface area (Å²) in [5, 5.41) is 3.34. The van der Waals surface area contributed by atoms with Crippen molar-refractivity contribution in [2.75, 3.05) is 13.1 Å². The van der Waals surface area contributed by atoms with Crippen molar-refractivity contribution in [1.82, 2.24) is 5.32 Å². The standard InChI is InChI=1S/C12H21NO2/c1-11(2,3)15-10(14)12-5-7-13-6-4-9(12)8-12/h9,13H,4-8H2,1-3H3. The highest BCUT2D eigenvalue weighted by molar-refractivity contribution is 5.81. The lowest BCUT2D eigenvalue weighted by molar-refractivity contribution is -0.162. The van der Waals surface area contributed by atoms with Gasteiger partial charge in [0.15, 0.2) is 0 Å². The fourth-order valence-corrected chi connectivity index (χ4v) is 2.51. The normalized spacial score (nSPS) is 35.3. The van der Waals surface area contributed by atoms with E-state index >= 15 is 0 Å². The van der Waals surface area contributed by atoms with Crippen molar-refractivity contribution < 1.29 is 9.53 Å². The van der Waals surface area contributed by atoms with Crippen LogP contribution < -0.4 is 5.32 Å². The van der Waals surface area contributed by atoms with E-state index in [9.17, 15) is 4.79 Å². The summed E-state index contributed by atoms with van der Waals surface area (Å²) in [4.78, 5) is 12.1. The Bertz CT molecular complexity index is 269. The maximum Gasteiger partial charge on any atom is 0.312 e. The van der Waals surface area contributed by atoms with Crippen LogP contribution in [0.25, 0.3) is 0 Å². The second-order valence-electron chi connectivity index (χ2n) is 5.85. The molecule has 0 aromatic rings. The van der Waals surface area contributed by atoms with Crippen molar-refractivity contribution in [2.45, 2.75) is 45.6 Å². The second kappa shape index (κ2) is 3.48. The molecule has 0 amide bonds. The summed E-state index contributed by atoms with van der Waals surface area (Å²) in [6.07, 6.45) is 3.12. The van der Waals surface area contributed by atoms with Gasteiger partial charge in [-0.05, 0) is 59.0 Å². The van der Waals surface area contributed by atoms with Crippen LogP contribution in [0.4, 0.5) is 0 Å². The van der Waals surface area contributed by atoms with E-state index in [0.29, 0.717) is 5.92 Å². The van der Waals surface area contributed by atoms with E-state index in [1.807, 2.05) is 20.8 Å². The van der Waals surface area contributed by atoms with Gasteiger partial charge in [0.05, 0.1) is 5.41 Å². The molecule has 2 aliphatic rings. The van der Waals surface area contributed by atoms with Crippen LogP contribution in [0, 0.1) is 11.3 Å². The molecule has 1 heterocycles. The molecule has 0 bridgehead atoms. The van der Waals surface area contributed by atoms with E-state index in [-0.39, 0.29) is 17.0 Å². The topological polar surface area (TPSA) is 38.3 Å². The highest BCUT2D eigenvalue weighted by atomic mass is 16.6. The van der Waals surface area contributed by atoms with Gasteiger partial charge in [0.25, 0.3) is 0 Å². The third-order valence-corrected chi connectivity index (χ3v) is 3.45. The van der Waals surface area contributed by atoms with Crippen LogP contribution in [0.1, 0.15) is 40.0 Å². The van der Waals surface area contributed by atoms with Crippen LogP contribution in [-0.2, 0) is 9.53 Å². The zero-order valence-corrected chi connectivity index (χ0v) is 9.93. The van der Waals surface area contributed by atoms with E-state index < -0.39 is 0 Å². The SMILES string of the molecule is CC(C)(C)OC(=O)C12CCNCCC1C2. The van der Waals surface area contributed by atoms with Crippen molar-refractivity contribution >= 4 is 5.97 Å². The summed E-state index contributed by atoms with van der Waals surface area (Å²) in [5.74, 6) is 0.603. The van der Waals surface area contributed by atoms with Crippen molar-refractivity contribution in [2.24, 2.45) is 11.3 Å². The summed E-state index contributed by atoms with van der Waals surface area (Å²) < 4.78 is 5.51. The molecule has 2 atom stereocenters. The van der Waals surface area contributed by atoms with Crippen molar-refractivity contribution in [1.29, 1.82) is 0 Å². The Morgan fingerprint density at radius 3 is 2.80 bits per heavy atom. The van der Waals surface area contributed by atoms with Crippen molar-refractivity contribution in [3.05, 3.63) is 0 Å². The minimum atomic E-state index is -0.349. The fourth-order valence-electron chi connectivity index (χ4n) is 2.51. The third-order valence-electron chi connectivity index (χ3n) is 3.45. The van der Waals surface area contributed by atoms with E-state index in [1.54, 1.807) is 0 Å². The number of nitrogens with one attached hydrogen (secondary N) is 1. The van der Waals surface area contributed by atoms with Gasteiger partial charge in [0.1, 0.15) is 5.60 Å². The molecule has 3 nitrogen and oxygen atoms in total. The maximum absolute atomic E-state index is 12.1. The van der Waals surface area contributed by atoms with Crippen LogP contribution in [0.2, 0.25) is 0 Å². The molecule has 0 aromatic carbocycles. The summed E-state index contributed by atoms with van der Waals surface area (Å²) in [6, 6.07) is 0. The van der Waals surface area contributed by atoms with Crippen LogP contribution in [0.15, 0.2) is 0 Å². The molecule has 86 valence electrons. The number of rotatable bonds is 1. The first-order chi connectivity index (χ1) is 6.94. The Labute approximate surface area is 91.6 Å². The Morgan fingerprint density at radius 1 is 1.40 bits per heavy atom.